The molecule has 0 N–H and O–H groups in total. The van der Waals surface area contributed by atoms with Crippen LogP contribution in [0.5, 0.6) is 0 Å². The standard InChI is InChI=1S/C14H12O7/c1-17-11(15)9-10(12(16)18-2)14(19-13(9)20-21-14)8-6-4-3-5-7-8/h3-7,13H,1-2H3. The summed E-state index contributed by atoms with van der Waals surface area (Å²) in [7, 11) is 2.40. The molecule has 0 aliphatic carbocycles. The number of esters is 2. The monoisotopic (exact) mass is 292 g/mol. The quantitative estimate of drug-likeness (QED) is 0.602. The van der Waals surface area contributed by atoms with E-state index in [0.717, 1.165) is 0 Å². The van der Waals surface area contributed by atoms with Gasteiger partial charge in [-0.15, -0.1) is 0 Å². The lowest BCUT2D eigenvalue weighted by Gasteiger charge is -2.24. The molecule has 0 saturated carbocycles. The molecule has 1 saturated heterocycles. The van der Waals surface area contributed by atoms with Gasteiger partial charge in [-0.3, -0.25) is 0 Å². The molecule has 21 heavy (non-hydrogen) atoms. The number of ether oxygens (including phenoxy) is 3. The fraction of sp³-hybridized carbons (Fsp3) is 0.286. The number of methoxy groups -OCH3 is 2. The van der Waals surface area contributed by atoms with E-state index in [-0.39, 0.29) is 11.1 Å². The third-order valence-electron chi connectivity index (χ3n) is 3.31. The van der Waals surface area contributed by atoms with Crippen LogP contribution in [0.15, 0.2) is 41.5 Å². The Morgan fingerprint density at radius 3 is 2.38 bits per heavy atom. The Morgan fingerprint density at radius 1 is 1.10 bits per heavy atom. The molecular formula is C14H12O7. The van der Waals surface area contributed by atoms with Crippen LogP contribution in [0.25, 0.3) is 0 Å². The van der Waals surface area contributed by atoms with Crippen molar-refractivity contribution in [2.75, 3.05) is 14.2 Å². The zero-order valence-electron chi connectivity index (χ0n) is 11.3. The summed E-state index contributed by atoms with van der Waals surface area (Å²) in [6.45, 7) is 0. The maximum atomic E-state index is 12.1. The minimum Gasteiger partial charge on any atom is -0.465 e. The van der Waals surface area contributed by atoms with Crippen LogP contribution in [0, 0.1) is 0 Å². The highest BCUT2D eigenvalue weighted by molar-refractivity contribution is 6.03. The van der Waals surface area contributed by atoms with E-state index in [0.29, 0.717) is 5.56 Å². The van der Waals surface area contributed by atoms with Crippen molar-refractivity contribution in [3.05, 3.63) is 47.0 Å². The zero-order chi connectivity index (χ0) is 15.0. The fourth-order valence-electron chi connectivity index (χ4n) is 2.38. The molecule has 2 bridgehead atoms. The number of rotatable bonds is 3. The summed E-state index contributed by atoms with van der Waals surface area (Å²) in [5.74, 6) is -3.10. The van der Waals surface area contributed by atoms with Gasteiger partial charge < -0.3 is 14.2 Å². The molecule has 0 radical (unpaired) electrons. The topological polar surface area (TPSA) is 80.3 Å². The van der Waals surface area contributed by atoms with Crippen LogP contribution in [0.3, 0.4) is 0 Å². The van der Waals surface area contributed by atoms with Crippen LogP contribution in [-0.2, 0) is 39.4 Å². The first kappa shape index (κ1) is 13.7. The van der Waals surface area contributed by atoms with Crippen molar-refractivity contribution >= 4 is 11.9 Å². The summed E-state index contributed by atoms with van der Waals surface area (Å²) in [5, 5.41) is 0. The number of carbonyl (C=O) groups is 2. The third-order valence-corrected chi connectivity index (χ3v) is 3.31. The molecule has 7 heteroatoms. The molecule has 2 atom stereocenters. The Hall–Kier alpha value is -2.22. The van der Waals surface area contributed by atoms with E-state index in [2.05, 4.69) is 4.74 Å². The lowest BCUT2D eigenvalue weighted by molar-refractivity contribution is -0.328. The number of benzene rings is 1. The highest BCUT2D eigenvalue weighted by Gasteiger charge is 2.62. The van der Waals surface area contributed by atoms with E-state index in [4.69, 9.17) is 19.2 Å². The molecule has 2 aliphatic rings. The molecule has 1 aromatic rings. The predicted molar refractivity (Wildman–Crippen MR) is 66.2 cm³/mol. The summed E-state index contributed by atoms with van der Waals surface area (Å²) >= 11 is 0. The first-order valence-corrected chi connectivity index (χ1v) is 6.13. The number of hydrogen-bond acceptors (Lipinski definition) is 7. The summed E-state index contributed by atoms with van der Waals surface area (Å²) in [6, 6.07) is 8.67. The molecule has 110 valence electrons. The Balaban J connectivity index is 2.19. The van der Waals surface area contributed by atoms with Gasteiger partial charge in [-0.1, -0.05) is 30.3 Å². The maximum absolute atomic E-state index is 12.1. The SMILES string of the molecule is COC(=O)C1=C(C(=O)OC)C2(c3ccccc3)OOC1O2. The summed E-state index contributed by atoms with van der Waals surface area (Å²) < 4.78 is 15.0. The van der Waals surface area contributed by atoms with Crippen LogP contribution < -0.4 is 0 Å². The molecule has 0 spiro atoms. The Labute approximate surface area is 119 Å². The number of fused-ring (bicyclic) bond motifs is 2. The highest BCUT2D eigenvalue weighted by Crippen LogP contribution is 2.51. The second-order valence-electron chi connectivity index (χ2n) is 4.38. The second-order valence-corrected chi connectivity index (χ2v) is 4.38. The van der Waals surface area contributed by atoms with Crippen molar-refractivity contribution in [2.45, 2.75) is 12.1 Å². The van der Waals surface area contributed by atoms with Crippen LogP contribution >= 0.6 is 0 Å². The molecule has 1 fully saturated rings. The Bertz CT molecular complexity index is 621. The van der Waals surface area contributed by atoms with E-state index >= 15 is 0 Å². The molecule has 0 amide bonds. The summed E-state index contributed by atoms with van der Waals surface area (Å²) in [6.07, 6.45) is -1.13. The van der Waals surface area contributed by atoms with Crippen molar-refractivity contribution in [2.24, 2.45) is 0 Å². The summed E-state index contributed by atoms with van der Waals surface area (Å²) in [4.78, 5) is 34.2. The number of carbonyl (C=O) groups excluding carboxylic acids is 2. The van der Waals surface area contributed by atoms with E-state index in [1.807, 2.05) is 0 Å². The molecule has 1 aromatic carbocycles. The average Bonchev–Trinajstić information content (AvgIpc) is 3.11. The largest absolute Gasteiger partial charge is 0.465 e. The smallest absolute Gasteiger partial charge is 0.340 e. The van der Waals surface area contributed by atoms with Crippen molar-refractivity contribution in [1.29, 1.82) is 0 Å². The third kappa shape index (κ3) is 1.86. The maximum Gasteiger partial charge on any atom is 0.340 e. The van der Waals surface area contributed by atoms with Crippen LogP contribution in [0.4, 0.5) is 0 Å². The highest BCUT2D eigenvalue weighted by atomic mass is 17.3. The van der Waals surface area contributed by atoms with E-state index in [9.17, 15) is 9.59 Å². The second kappa shape index (κ2) is 4.96. The fourth-order valence-corrected chi connectivity index (χ4v) is 2.38. The molecule has 3 rings (SSSR count). The minimum atomic E-state index is -1.62. The molecule has 2 aliphatic heterocycles. The zero-order valence-corrected chi connectivity index (χ0v) is 11.3. The van der Waals surface area contributed by atoms with E-state index in [1.165, 1.54) is 14.2 Å². The van der Waals surface area contributed by atoms with Gasteiger partial charge in [0.25, 0.3) is 5.79 Å². The van der Waals surface area contributed by atoms with Gasteiger partial charge in [-0.25, -0.2) is 9.59 Å². The molecule has 2 heterocycles. The first-order valence-electron chi connectivity index (χ1n) is 6.13. The van der Waals surface area contributed by atoms with Gasteiger partial charge in [-0.2, -0.15) is 9.78 Å². The first-order chi connectivity index (χ1) is 10.1. The average molecular weight is 292 g/mol. The van der Waals surface area contributed by atoms with Crippen LogP contribution in [0.1, 0.15) is 5.56 Å². The van der Waals surface area contributed by atoms with Crippen LogP contribution in [-0.4, -0.2) is 32.4 Å². The van der Waals surface area contributed by atoms with Gasteiger partial charge in [0.15, 0.2) is 0 Å². The van der Waals surface area contributed by atoms with Gasteiger partial charge in [0.05, 0.1) is 14.2 Å². The van der Waals surface area contributed by atoms with E-state index < -0.39 is 24.0 Å². The lowest BCUT2D eigenvalue weighted by atomic mass is 9.95. The molecular weight excluding hydrogens is 280 g/mol. The molecule has 2 unspecified atom stereocenters. The van der Waals surface area contributed by atoms with Gasteiger partial charge >= 0.3 is 11.9 Å². The Kier molecular flexibility index (Phi) is 3.25. The van der Waals surface area contributed by atoms with Crippen molar-refractivity contribution in [3.63, 3.8) is 0 Å². The van der Waals surface area contributed by atoms with Crippen molar-refractivity contribution < 1.29 is 33.6 Å². The lowest BCUT2D eigenvalue weighted by Crippen LogP contribution is -2.34. The predicted octanol–water partition coefficient (Wildman–Crippen LogP) is 0.800. The van der Waals surface area contributed by atoms with Crippen molar-refractivity contribution in [1.82, 2.24) is 0 Å². The van der Waals surface area contributed by atoms with Gasteiger partial charge in [0.1, 0.15) is 11.1 Å². The van der Waals surface area contributed by atoms with Crippen molar-refractivity contribution in [3.8, 4) is 0 Å². The normalized spacial score (nSPS) is 26.9. The molecule has 0 aromatic heterocycles. The van der Waals surface area contributed by atoms with Crippen LogP contribution in [0.2, 0.25) is 0 Å². The van der Waals surface area contributed by atoms with E-state index in [1.54, 1.807) is 30.3 Å². The van der Waals surface area contributed by atoms with Gasteiger partial charge in [-0.05, 0) is 0 Å². The minimum absolute atomic E-state index is 0.0561. The Morgan fingerprint density at radius 2 is 1.76 bits per heavy atom. The summed E-state index contributed by atoms with van der Waals surface area (Å²) in [5.41, 5.74) is 0.380. The number of hydrogen-bond donors (Lipinski definition) is 0. The van der Waals surface area contributed by atoms with Gasteiger partial charge in [0.2, 0.25) is 6.29 Å². The van der Waals surface area contributed by atoms with Gasteiger partial charge in [0, 0.05) is 5.56 Å². The molecule has 7 nitrogen and oxygen atoms in total.